The molecule has 4 atom stereocenters. The van der Waals surface area contributed by atoms with Crippen LogP contribution in [0.5, 0.6) is 0 Å². The zero-order valence-corrected chi connectivity index (χ0v) is 21.4. The molecular formula is C27H31F3N4OS. The largest absolute Gasteiger partial charge is 0.416 e. The highest BCUT2D eigenvalue weighted by molar-refractivity contribution is 8.14. The van der Waals surface area contributed by atoms with Crippen LogP contribution in [-0.2, 0) is 17.3 Å². The average Bonchev–Trinajstić information content (AvgIpc) is 3.29. The molecule has 0 saturated carbocycles. The fourth-order valence-electron chi connectivity index (χ4n) is 4.48. The highest BCUT2D eigenvalue weighted by Gasteiger charge is 2.37. The van der Waals surface area contributed by atoms with Gasteiger partial charge in [-0.05, 0) is 61.0 Å². The smallest absolute Gasteiger partial charge is 0.377 e. The number of alkyl halides is 3. The van der Waals surface area contributed by atoms with Gasteiger partial charge in [-0.15, -0.1) is 0 Å². The minimum atomic E-state index is -4.34. The number of thioether (sulfide) groups is 1. The number of halogens is 3. The normalized spacial score (nSPS) is 19.8. The summed E-state index contributed by atoms with van der Waals surface area (Å²) in [5.74, 6) is 0. The molecule has 36 heavy (non-hydrogen) atoms. The molecule has 1 aliphatic heterocycles. The topological polar surface area (TPSA) is 63.7 Å². The number of pyridine rings is 1. The summed E-state index contributed by atoms with van der Waals surface area (Å²) in [7, 11) is 1.95. The molecule has 4 rings (SSSR count). The lowest BCUT2D eigenvalue weighted by Gasteiger charge is -2.24. The number of aromatic nitrogens is 1. The zero-order chi connectivity index (χ0) is 25.9. The van der Waals surface area contributed by atoms with E-state index >= 15 is 0 Å². The fourth-order valence-corrected chi connectivity index (χ4v) is 5.85. The maximum atomic E-state index is 12.8. The van der Waals surface area contributed by atoms with Crippen molar-refractivity contribution in [3.63, 3.8) is 0 Å². The van der Waals surface area contributed by atoms with Crippen molar-refractivity contribution in [1.82, 2.24) is 9.88 Å². The Kier molecular flexibility index (Phi) is 8.22. The van der Waals surface area contributed by atoms with Crippen LogP contribution in [0.1, 0.15) is 35.8 Å². The van der Waals surface area contributed by atoms with Crippen molar-refractivity contribution in [2.24, 2.45) is 10.7 Å². The number of nitrogens with two attached hydrogens (primary N) is 1. The zero-order valence-electron chi connectivity index (χ0n) is 20.6. The minimum absolute atomic E-state index is 0.0576. The molecule has 2 aromatic carbocycles. The number of nitrogens with zero attached hydrogens (tertiary/aromatic N) is 3. The summed E-state index contributed by atoms with van der Waals surface area (Å²) in [5.41, 5.74) is 7.69. The van der Waals surface area contributed by atoms with E-state index < -0.39 is 11.7 Å². The van der Waals surface area contributed by atoms with Gasteiger partial charge >= 0.3 is 6.18 Å². The monoisotopic (exact) mass is 516 g/mol. The van der Waals surface area contributed by atoms with Gasteiger partial charge in [-0.2, -0.15) is 13.2 Å². The van der Waals surface area contributed by atoms with Gasteiger partial charge in [0, 0.05) is 44.0 Å². The number of benzene rings is 2. The van der Waals surface area contributed by atoms with Gasteiger partial charge in [0.2, 0.25) is 0 Å². The van der Waals surface area contributed by atoms with Gasteiger partial charge in [0.15, 0.2) is 5.17 Å². The van der Waals surface area contributed by atoms with Crippen molar-refractivity contribution >= 4 is 27.7 Å². The third kappa shape index (κ3) is 6.19. The second-order valence-electron chi connectivity index (χ2n) is 9.12. The van der Waals surface area contributed by atoms with Gasteiger partial charge in [-0.1, -0.05) is 36.0 Å². The van der Waals surface area contributed by atoms with E-state index in [9.17, 15) is 13.2 Å². The number of amidine groups is 1. The molecule has 2 heterocycles. The van der Waals surface area contributed by atoms with Crippen LogP contribution in [0.2, 0.25) is 0 Å². The lowest BCUT2D eigenvalue weighted by Crippen LogP contribution is -2.38. The van der Waals surface area contributed by atoms with E-state index in [2.05, 4.69) is 30.1 Å². The van der Waals surface area contributed by atoms with Gasteiger partial charge in [-0.3, -0.25) is 9.98 Å². The van der Waals surface area contributed by atoms with Crippen molar-refractivity contribution < 1.29 is 17.9 Å². The number of hydrogen-bond donors (Lipinski definition) is 1. The third-order valence-corrected chi connectivity index (χ3v) is 7.75. The number of ether oxygens (including phenoxy) is 1. The Morgan fingerprint density at radius 3 is 2.56 bits per heavy atom. The van der Waals surface area contributed by atoms with E-state index in [4.69, 9.17) is 15.5 Å². The molecule has 0 bridgehead atoms. The molecule has 2 N–H and O–H groups in total. The van der Waals surface area contributed by atoms with E-state index in [1.165, 1.54) is 17.7 Å². The van der Waals surface area contributed by atoms with Crippen molar-refractivity contribution in [1.29, 1.82) is 0 Å². The maximum Gasteiger partial charge on any atom is 0.416 e. The Morgan fingerprint density at radius 2 is 1.86 bits per heavy atom. The summed E-state index contributed by atoms with van der Waals surface area (Å²) >= 11 is 1.70. The van der Waals surface area contributed by atoms with E-state index in [0.29, 0.717) is 19.6 Å². The van der Waals surface area contributed by atoms with Crippen molar-refractivity contribution in [3.05, 3.63) is 77.6 Å². The first kappa shape index (κ1) is 26.4. The van der Waals surface area contributed by atoms with Gasteiger partial charge < -0.3 is 15.4 Å². The van der Waals surface area contributed by atoms with Gasteiger partial charge in [0.05, 0.1) is 23.0 Å². The van der Waals surface area contributed by atoms with Crippen molar-refractivity contribution in [3.8, 4) is 0 Å². The molecule has 3 unspecified atom stereocenters. The number of likely N-dealkylation sites (N-methyl/N-ethyl adjacent to an activating group) is 1. The van der Waals surface area contributed by atoms with E-state index in [1.54, 1.807) is 18.0 Å². The highest BCUT2D eigenvalue weighted by atomic mass is 32.2. The molecule has 5 nitrogen and oxygen atoms in total. The maximum absolute atomic E-state index is 12.8. The van der Waals surface area contributed by atoms with Crippen LogP contribution in [0.15, 0.2) is 65.9 Å². The Labute approximate surface area is 213 Å². The summed E-state index contributed by atoms with van der Waals surface area (Å²) in [6.45, 7) is 5.17. The average molecular weight is 517 g/mol. The van der Waals surface area contributed by atoms with Crippen LogP contribution >= 0.6 is 11.8 Å². The molecule has 1 aromatic heterocycles. The number of aliphatic imine (C=N–C) groups is 1. The van der Waals surface area contributed by atoms with Crippen LogP contribution in [0.3, 0.4) is 0 Å². The lowest BCUT2D eigenvalue weighted by molar-refractivity contribution is -0.137. The summed E-state index contributed by atoms with van der Waals surface area (Å²) in [6.07, 6.45) is -0.280. The number of hydrogen-bond acceptors (Lipinski definition) is 6. The lowest BCUT2D eigenvalue weighted by atomic mass is 9.99. The van der Waals surface area contributed by atoms with Crippen LogP contribution in [-0.4, -0.2) is 53.4 Å². The highest BCUT2D eigenvalue weighted by Crippen LogP contribution is 2.43. The molecule has 3 aromatic rings. The van der Waals surface area contributed by atoms with Gasteiger partial charge in [-0.25, -0.2) is 0 Å². The molecule has 0 radical (unpaired) electrons. The van der Waals surface area contributed by atoms with Crippen LogP contribution in [0, 0.1) is 0 Å². The summed E-state index contributed by atoms with van der Waals surface area (Å²) in [4.78, 5) is 11.3. The molecular weight excluding hydrogens is 485 g/mol. The SMILES string of the molecule is CCOC(C)C1N=C(N(C)C[C@@H](N)Cc2ccc(C(F)(F)F)cc2)SC1c1ccc2cnccc2c1. The molecule has 0 aliphatic carbocycles. The summed E-state index contributed by atoms with van der Waals surface area (Å²) in [6, 6.07) is 13.3. The van der Waals surface area contributed by atoms with E-state index in [1.807, 2.05) is 31.1 Å². The molecule has 192 valence electrons. The second kappa shape index (κ2) is 11.2. The molecule has 0 amide bonds. The quantitative estimate of drug-likeness (QED) is 0.417. The first-order valence-corrected chi connectivity index (χ1v) is 12.9. The third-order valence-electron chi connectivity index (χ3n) is 6.32. The van der Waals surface area contributed by atoms with Crippen LogP contribution in [0.4, 0.5) is 13.2 Å². The van der Waals surface area contributed by atoms with Crippen molar-refractivity contribution in [2.45, 2.75) is 49.9 Å². The van der Waals surface area contributed by atoms with Crippen LogP contribution in [0.25, 0.3) is 10.8 Å². The summed E-state index contributed by atoms with van der Waals surface area (Å²) < 4.78 is 44.4. The Morgan fingerprint density at radius 1 is 1.11 bits per heavy atom. The second-order valence-corrected chi connectivity index (χ2v) is 10.2. The van der Waals surface area contributed by atoms with E-state index in [-0.39, 0.29) is 23.4 Å². The predicted molar refractivity (Wildman–Crippen MR) is 140 cm³/mol. The van der Waals surface area contributed by atoms with Gasteiger partial charge in [0.1, 0.15) is 0 Å². The molecule has 1 aliphatic rings. The van der Waals surface area contributed by atoms with Crippen LogP contribution < -0.4 is 5.73 Å². The Hall–Kier alpha value is -2.62. The van der Waals surface area contributed by atoms with Crippen molar-refractivity contribution in [2.75, 3.05) is 20.2 Å². The predicted octanol–water partition coefficient (Wildman–Crippen LogP) is 5.69. The summed E-state index contributed by atoms with van der Waals surface area (Å²) in [5, 5.41) is 3.19. The first-order valence-electron chi connectivity index (χ1n) is 12.0. The Balaban J connectivity index is 1.46. The Bertz CT molecular complexity index is 1200. The van der Waals surface area contributed by atoms with E-state index in [0.717, 1.165) is 33.6 Å². The number of rotatable bonds is 8. The minimum Gasteiger partial charge on any atom is -0.377 e. The molecule has 0 saturated heterocycles. The molecule has 9 heteroatoms. The number of fused-ring (bicyclic) bond motifs is 1. The van der Waals surface area contributed by atoms with Gasteiger partial charge in [0.25, 0.3) is 0 Å². The molecule has 0 spiro atoms. The molecule has 0 fully saturated rings. The fraction of sp³-hybridized carbons (Fsp3) is 0.407. The first-order chi connectivity index (χ1) is 17.2. The standard InChI is InChI=1S/C27H31F3N4OS/c1-4-35-17(2)24-25(20-7-8-21-15-32-12-11-19(21)14-20)36-26(33-24)34(3)16-23(31)13-18-5-9-22(10-6-18)27(28,29)30/h5-12,14-15,17,23-25H,4,13,16,31H2,1-3H3/t17?,23-,24?,25?/m0/s1.